The normalized spacial score (nSPS) is 13.4. The number of aromatic nitrogens is 2. The van der Waals surface area contributed by atoms with E-state index < -0.39 is 23.0 Å². The van der Waals surface area contributed by atoms with Crippen LogP contribution >= 0.6 is 0 Å². The highest BCUT2D eigenvalue weighted by atomic mass is 19.1. The van der Waals surface area contributed by atoms with Gasteiger partial charge in [0.1, 0.15) is 11.6 Å². The van der Waals surface area contributed by atoms with Crippen molar-refractivity contribution < 1.29 is 9.18 Å². The minimum absolute atomic E-state index is 0.0822. The molecule has 7 nitrogen and oxygen atoms in total. The number of nitrogens with zero attached hydrogens (tertiary/aromatic N) is 2. The fourth-order valence-corrected chi connectivity index (χ4v) is 4.21. The largest absolute Gasteiger partial charge is 0.383 e. The predicted molar refractivity (Wildman–Crippen MR) is 131 cm³/mol. The number of hydrogen-bond donors (Lipinski definition) is 2. The lowest BCUT2D eigenvalue weighted by atomic mass is 9.97. The number of halogens is 1. The number of allylic oxidation sites excluding steroid dienone is 1. The Balaban J connectivity index is 1.76. The van der Waals surface area contributed by atoms with Crippen LogP contribution in [-0.2, 0) is 6.54 Å². The Morgan fingerprint density at radius 3 is 2.47 bits per heavy atom. The predicted octanol–water partition coefficient (Wildman–Crippen LogP) is 3.84. The van der Waals surface area contributed by atoms with Crippen molar-refractivity contribution in [1.82, 2.24) is 9.55 Å². The first-order valence-electron chi connectivity index (χ1n) is 11.4. The van der Waals surface area contributed by atoms with Gasteiger partial charge < -0.3 is 10.6 Å². The van der Waals surface area contributed by atoms with E-state index in [0.29, 0.717) is 6.42 Å². The van der Waals surface area contributed by atoms with E-state index in [1.165, 1.54) is 39.3 Å². The summed E-state index contributed by atoms with van der Waals surface area (Å²) in [5.41, 5.74) is 7.14. The van der Waals surface area contributed by atoms with Crippen LogP contribution in [0.5, 0.6) is 0 Å². The van der Waals surface area contributed by atoms with Crippen molar-refractivity contribution in [2.75, 3.05) is 17.2 Å². The van der Waals surface area contributed by atoms with E-state index in [1.807, 2.05) is 30.3 Å². The highest BCUT2D eigenvalue weighted by molar-refractivity contribution is 6.07. The molecule has 8 heteroatoms. The van der Waals surface area contributed by atoms with Crippen molar-refractivity contribution in [3.8, 4) is 0 Å². The third-order valence-electron chi connectivity index (χ3n) is 6.05. The Kier molecular flexibility index (Phi) is 7.06. The highest BCUT2D eigenvalue weighted by Crippen LogP contribution is 2.25. The highest BCUT2D eigenvalue weighted by Gasteiger charge is 2.25. The molecule has 4 rings (SSSR count). The molecule has 0 saturated heterocycles. The third-order valence-corrected chi connectivity index (χ3v) is 6.05. The van der Waals surface area contributed by atoms with Crippen molar-refractivity contribution in [3.05, 3.63) is 104 Å². The van der Waals surface area contributed by atoms with Crippen LogP contribution in [0.2, 0.25) is 0 Å². The van der Waals surface area contributed by atoms with E-state index >= 15 is 0 Å². The molecule has 34 heavy (non-hydrogen) atoms. The molecule has 0 atom stereocenters. The first-order valence-corrected chi connectivity index (χ1v) is 11.4. The molecule has 0 unspecified atom stereocenters. The second-order valence-corrected chi connectivity index (χ2v) is 8.39. The molecule has 0 radical (unpaired) electrons. The van der Waals surface area contributed by atoms with E-state index in [9.17, 15) is 18.8 Å². The number of aromatic amines is 1. The maximum Gasteiger partial charge on any atom is 0.330 e. The summed E-state index contributed by atoms with van der Waals surface area (Å²) >= 11 is 0. The Morgan fingerprint density at radius 2 is 1.79 bits per heavy atom. The molecule has 1 aromatic heterocycles. The number of H-pyrrole nitrogens is 1. The quantitative estimate of drug-likeness (QED) is 0.521. The van der Waals surface area contributed by atoms with E-state index in [0.717, 1.165) is 31.2 Å². The van der Waals surface area contributed by atoms with Crippen molar-refractivity contribution in [2.24, 2.45) is 0 Å². The summed E-state index contributed by atoms with van der Waals surface area (Å²) < 4.78 is 14.7. The van der Waals surface area contributed by atoms with Crippen LogP contribution in [0.25, 0.3) is 0 Å². The van der Waals surface area contributed by atoms with Gasteiger partial charge in [-0.3, -0.25) is 19.1 Å². The van der Waals surface area contributed by atoms with Crippen LogP contribution in [0.1, 0.15) is 48.0 Å². The van der Waals surface area contributed by atoms with Gasteiger partial charge in [-0.25, -0.2) is 9.18 Å². The first-order chi connectivity index (χ1) is 16.4. The molecular formula is C26H27FN4O3. The maximum atomic E-state index is 13.5. The molecule has 0 bridgehead atoms. The maximum absolute atomic E-state index is 13.5. The number of amides is 1. The molecule has 0 spiro atoms. The van der Waals surface area contributed by atoms with Gasteiger partial charge in [0.2, 0.25) is 0 Å². The topological polar surface area (TPSA) is 101 Å². The van der Waals surface area contributed by atoms with E-state index in [1.54, 1.807) is 0 Å². The second kappa shape index (κ2) is 10.3. The van der Waals surface area contributed by atoms with Crippen LogP contribution in [0.15, 0.2) is 75.8 Å². The molecule has 0 saturated carbocycles. The van der Waals surface area contributed by atoms with Crippen molar-refractivity contribution in [2.45, 2.75) is 38.6 Å². The van der Waals surface area contributed by atoms with Gasteiger partial charge in [-0.2, -0.15) is 0 Å². The number of hydrogen-bond acceptors (Lipinski definition) is 4. The zero-order valence-electron chi connectivity index (χ0n) is 18.8. The first kappa shape index (κ1) is 23.2. The van der Waals surface area contributed by atoms with Gasteiger partial charge in [0.15, 0.2) is 5.69 Å². The molecule has 2 aromatic carbocycles. The van der Waals surface area contributed by atoms with Crippen molar-refractivity contribution in [3.63, 3.8) is 0 Å². The summed E-state index contributed by atoms with van der Waals surface area (Å²) in [5, 5.41) is 0. The van der Waals surface area contributed by atoms with Crippen molar-refractivity contribution in [1.29, 1.82) is 0 Å². The summed E-state index contributed by atoms with van der Waals surface area (Å²) in [5.74, 6) is -1.05. The molecule has 176 valence electrons. The monoisotopic (exact) mass is 462 g/mol. The Labute approximate surface area is 196 Å². The molecular weight excluding hydrogens is 435 g/mol. The Morgan fingerprint density at radius 1 is 1.06 bits per heavy atom. The van der Waals surface area contributed by atoms with Crippen molar-refractivity contribution >= 4 is 17.4 Å². The molecule has 1 heterocycles. The van der Waals surface area contributed by atoms with E-state index in [4.69, 9.17) is 5.73 Å². The molecule has 3 aromatic rings. The second-order valence-electron chi connectivity index (χ2n) is 8.39. The summed E-state index contributed by atoms with van der Waals surface area (Å²) in [7, 11) is 0. The third kappa shape index (κ3) is 5.17. The molecule has 3 N–H and O–H groups in total. The Hall–Kier alpha value is -3.94. The summed E-state index contributed by atoms with van der Waals surface area (Å²) in [6, 6.07) is 14.3. The Bertz CT molecular complexity index is 1310. The molecule has 1 amide bonds. The van der Waals surface area contributed by atoms with Crippen LogP contribution in [0.3, 0.4) is 0 Å². The van der Waals surface area contributed by atoms with Crippen LogP contribution in [-0.4, -0.2) is 22.0 Å². The number of nitrogens with two attached hydrogens (primary N) is 1. The summed E-state index contributed by atoms with van der Waals surface area (Å²) in [4.78, 5) is 42.6. The number of nitrogens with one attached hydrogen (secondary N) is 1. The lowest BCUT2D eigenvalue weighted by Gasteiger charge is -2.26. The molecule has 1 aliphatic rings. The standard InChI is InChI=1S/C26H27FN4O3/c27-21-13-11-20(12-14-21)25(33)30(16-15-18-7-3-1-4-8-18)22-23(28)31(26(34)29-24(22)32)17-19-9-5-2-6-10-19/h2,5-7,9-14H,1,3-4,8,15-17,28H2,(H,29,32,34). The average Bonchev–Trinajstić information content (AvgIpc) is 2.85. The summed E-state index contributed by atoms with van der Waals surface area (Å²) in [6.07, 6.45) is 6.91. The van der Waals surface area contributed by atoms with E-state index in [-0.39, 0.29) is 30.2 Å². The molecule has 1 aliphatic carbocycles. The van der Waals surface area contributed by atoms with Gasteiger partial charge >= 0.3 is 5.69 Å². The SMILES string of the molecule is Nc1c(N(CCC2=CCCCC2)C(=O)c2ccc(F)cc2)c(=O)[nH]c(=O)n1Cc1ccccc1. The average molecular weight is 463 g/mol. The molecule has 0 aliphatic heterocycles. The number of rotatable bonds is 7. The van der Waals surface area contributed by atoms with Gasteiger partial charge in [0.05, 0.1) is 6.54 Å². The van der Waals surface area contributed by atoms with Crippen LogP contribution in [0, 0.1) is 5.82 Å². The number of anilines is 2. The lowest BCUT2D eigenvalue weighted by Crippen LogP contribution is -2.42. The molecule has 0 fully saturated rings. The van der Waals surface area contributed by atoms with E-state index in [2.05, 4.69) is 11.1 Å². The van der Waals surface area contributed by atoms with Gasteiger partial charge in [-0.05, 0) is 61.9 Å². The lowest BCUT2D eigenvalue weighted by molar-refractivity contribution is 0.0986. The summed E-state index contributed by atoms with van der Waals surface area (Å²) in [6.45, 7) is 0.345. The zero-order chi connectivity index (χ0) is 24.1. The number of benzene rings is 2. The minimum Gasteiger partial charge on any atom is -0.383 e. The minimum atomic E-state index is -0.736. The van der Waals surface area contributed by atoms with Gasteiger partial charge in [-0.1, -0.05) is 42.0 Å². The smallest absolute Gasteiger partial charge is 0.330 e. The number of carbonyl (C=O) groups excluding carboxylic acids is 1. The fourth-order valence-electron chi connectivity index (χ4n) is 4.21. The van der Waals surface area contributed by atoms with Gasteiger partial charge in [0, 0.05) is 12.1 Å². The van der Waals surface area contributed by atoms with Crippen LogP contribution in [0.4, 0.5) is 15.9 Å². The van der Waals surface area contributed by atoms with Crippen LogP contribution < -0.4 is 21.9 Å². The van der Waals surface area contributed by atoms with Gasteiger partial charge in [0.25, 0.3) is 11.5 Å². The fraction of sp³-hybridized carbons (Fsp3) is 0.269. The zero-order valence-corrected chi connectivity index (χ0v) is 18.8. The number of nitrogen functional groups attached to an aromatic ring is 1. The van der Waals surface area contributed by atoms with Gasteiger partial charge in [-0.15, -0.1) is 0 Å². The number of carbonyl (C=O) groups is 1.